The second-order valence-electron chi connectivity index (χ2n) is 8.37. The fourth-order valence-corrected chi connectivity index (χ4v) is 2.90. The molecule has 0 bridgehead atoms. The second kappa shape index (κ2) is 10.9. The van der Waals surface area contributed by atoms with Crippen molar-refractivity contribution in [3.63, 3.8) is 0 Å². The molecular weight excluding hydrogens is 324 g/mol. The van der Waals surface area contributed by atoms with Crippen LogP contribution in [0.15, 0.2) is 67.8 Å². The molecule has 0 N–H and O–H groups in total. The molecule has 0 heteroatoms. The summed E-state index contributed by atoms with van der Waals surface area (Å²) in [4.78, 5) is 0. The molecule has 0 saturated carbocycles. The van der Waals surface area contributed by atoms with Gasteiger partial charge in [0.05, 0.1) is 0 Å². The van der Waals surface area contributed by atoms with Crippen molar-refractivity contribution in [3.05, 3.63) is 90.1 Å². The molecule has 0 aliphatic rings. The molecule has 1 unspecified atom stereocenters. The van der Waals surface area contributed by atoms with Crippen LogP contribution in [0.4, 0.5) is 0 Å². The van der Waals surface area contributed by atoms with Crippen molar-refractivity contribution in [1.82, 2.24) is 0 Å². The summed E-state index contributed by atoms with van der Waals surface area (Å²) in [6, 6.07) is 4.71. The molecule has 0 radical (unpaired) electrons. The fraction of sp³-hybridized carbons (Fsp3) is 0.407. The maximum Gasteiger partial charge on any atom is -0.0192 e. The van der Waals surface area contributed by atoms with Crippen LogP contribution in [0.1, 0.15) is 63.8 Å². The molecule has 1 atom stereocenters. The van der Waals surface area contributed by atoms with Crippen LogP contribution in [0, 0.1) is 25.2 Å². The lowest BCUT2D eigenvalue weighted by Crippen LogP contribution is -2.20. The summed E-state index contributed by atoms with van der Waals surface area (Å²) in [5.74, 6) is 0.614. The van der Waals surface area contributed by atoms with Gasteiger partial charge in [-0.15, -0.1) is 13.2 Å². The molecule has 0 aliphatic carbocycles. The van der Waals surface area contributed by atoms with E-state index in [1.807, 2.05) is 13.0 Å². The van der Waals surface area contributed by atoms with E-state index in [1.165, 1.54) is 27.8 Å². The number of aryl methyl sites for hydroxylation is 2. The molecule has 0 aliphatic heterocycles. The van der Waals surface area contributed by atoms with E-state index >= 15 is 0 Å². The molecule has 0 spiro atoms. The number of hydrogen-bond acceptors (Lipinski definition) is 0. The Labute approximate surface area is 169 Å². The first-order valence-electron chi connectivity index (χ1n) is 9.78. The van der Waals surface area contributed by atoms with Crippen LogP contribution < -0.4 is 0 Å². The van der Waals surface area contributed by atoms with Crippen LogP contribution in [0.3, 0.4) is 0 Å². The summed E-state index contributed by atoms with van der Waals surface area (Å²) in [5, 5.41) is 0. The van der Waals surface area contributed by atoms with Crippen LogP contribution in [-0.4, -0.2) is 0 Å². The minimum Gasteiger partial charge on any atom is -0.106 e. The number of rotatable bonds is 6. The third-order valence-corrected chi connectivity index (χ3v) is 5.44. The van der Waals surface area contributed by atoms with Gasteiger partial charge in [-0.25, -0.2) is 0 Å². The minimum atomic E-state index is 0.304. The Morgan fingerprint density at radius 2 is 1.63 bits per heavy atom. The number of hydrogen-bond donors (Lipinski definition) is 0. The monoisotopic (exact) mass is 364 g/mol. The average molecular weight is 365 g/mol. The first kappa shape index (κ1) is 24.9. The predicted molar refractivity (Wildman–Crippen MR) is 126 cm³/mol. The Hall–Kier alpha value is -2.08. The van der Waals surface area contributed by atoms with E-state index < -0.39 is 0 Å². The molecule has 148 valence electrons. The largest absolute Gasteiger partial charge is 0.106 e. The molecule has 0 aromatic heterocycles. The minimum absolute atomic E-state index is 0.304. The third-order valence-electron chi connectivity index (χ3n) is 5.44. The highest BCUT2D eigenvalue weighted by molar-refractivity contribution is 5.72. The van der Waals surface area contributed by atoms with Crippen molar-refractivity contribution < 1.29 is 0 Å². The van der Waals surface area contributed by atoms with E-state index in [0.717, 1.165) is 17.6 Å². The Balaban J connectivity index is 0.00000326. The van der Waals surface area contributed by atoms with E-state index in [9.17, 15) is 0 Å². The summed E-state index contributed by atoms with van der Waals surface area (Å²) >= 11 is 0. The summed E-state index contributed by atoms with van der Waals surface area (Å²) in [6.45, 7) is 32.0. The van der Waals surface area contributed by atoms with Crippen molar-refractivity contribution in [3.8, 4) is 0 Å². The molecule has 1 aromatic carbocycles. The maximum atomic E-state index is 4.22. The van der Waals surface area contributed by atoms with E-state index in [-0.39, 0.29) is 0 Å². The van der Waals surface area contributed by atoms with Crippen molar-refractivity contribution in [2.75, 3.05) is 0 Å². The zero-order valence-corrected chi connectivity index (χ0v) is 19.0. The SMILES string of the molecule is C=C.C=C/C(=C/C)C(=C)/C=C(\C)c1cc(C)c(C)cc1CC(C)C(C)(C)C. The molecule has 0 nitrogen and oxygen atoms in total. The topological polar surface area (TPSA) is 0 Å². The Kier molecular flexibility index (Phi) is 10.1. The van der Waals surface area contributed by atoms with Gasteiger partial charge in [-0.3, -0.25) is 0 Å². The van der Waals surface area contributed by atoms with Crippen molar-refractivity contribution >= 4 is 5.57 Å². The van der Waals surface area contributed by atoms with Gasteiger partial charge in [0.2, 0.25) is 0 Å². The van der Waals surface area contributed by atoms with Gasteiger partial charge in [0.1, 0.15) is 0 Å². The average Bonchev–Trinajstić information content (AvgIpc) is 2.59. The zero-order chi connectivity index (χ0) is 21.4. The second-order valence-corrected chi connectivity index (χ2v) is 8.37. The molecular formula is C27H40. The summed E-state index contributed by atoms with van der Waals surface area (Å²) in [6.07, 6.45) is 7.21. The standard InChI is InChI=1S/C25H36.C2H4/c1-11-22(12-2)19(5)13-20(6)24-15-18(4)17(3)14-23(24)16-21(7)25(8,9)10;1-2/h11-15,21H,1,5,16H2,2-4,6-10H3;1-2H2/b20-13+,22-12-;. The van der Waals surface area contributed by atoms with Gasteiger partial charge >= 0.3 is 0 Å². The number of benzene rings is 1. The van der Waals surface area contributed by atoms with Crippen LogP contribution in [0.5, 0.6) is 0 Å². The first-order valence-corrected chi connectivity index (χ1v) is 9.78. The molecule has 1 aromatic rings. The van der Waals surface area contributed by atoms with Gasteiger partial charge in [-0.2, -0.15) is 0 Å². The highest BCUT2D eigenvalue weighted by Crippen LogP contribution is 2.32. The van der Waals surface area contributed by atoms with Crippen LogP contribution in [0.2, 0.25) is 0 Å². The van der Waals surface area contributed by atoms with Crippen LogP contribution in [-0.2, 0) is 6.42 Å². The molecule has 0 saturated heterocycles. The van der Waals surface area contributed by atoms with Gasteiger partial charge in [0.15, 0.2) is 0 Å². The third kappa shape index (κ3) is 7.21. The van der Waals surface area contributed by atoms with Crippen molar-refractivity contribution in [2.45, 2.75) is 61.8 Å². The predicted octanol–water partition coefficient (Wildman–Crippen LogP) is 8.42. The zero-order valence-electron chi connectivity index (χ0n) is 19.0. The first-order chi connectivity index (χ1) is 12.5. The normalized spacial score (nSPS) is 13.5. The summed E-state index contributed by atoms with van der Waals surface area (Å²) in [5.41, 5.74) is 9.18. The quantitative estimate of drug-likeness (QED) is 0.351. The van der Waals surface area contributed by atoms with Crippen molar-refractivity contribution in [1.29, 1.82) is 0 Å². The fourth-order valence-electron chi connectivity index (χ4n) is 2.90. The van der Waals surface area contributed by atoms with E-state index in [0.29, 0.717) is 11.3 Å². The lowest BCUT2D eigenvalue weighted by Gasteiger charge is -2.28. The lowest BCUT2D eigenvalue weighted by atomic mass is 9.77. The van der Waals surface area contributed by atoms with Gasteiger partial charge in [-0.1, -0.05) is 71.2 Å². The molecule has 0 amide bonds. The smallest absolute Gasteiger partial charge is 0.0192 e. The Bertz CT molecular complexity index is 717. The number of allylic oxidation sites excluding steroid dienone is 6. The Morgan fingerprint density at radius 1 is 1.11 bits per heavy atom. The maximum absolute atomic E-state index is 4.22. The molecule has 0 fully saturated rings. The van der Waals surface area contributed by atoms with E-state index in [4.69, 9.17) is 0 Å². The van der Waals surface area contributed by atoms with Crippen LogP contribution in [0.25, 0.3) is 5.57 Å². The molecule has 27 heavy (non-hydrogen) atoms. The highest BCUT2D eigenvalue weighted by atomic mass is 14.3. The van der Waals surface area contributed by atoms with Gasteiger partial charge < -0.3 is 0 Å². The summed E-state index contributed by atoms with van der Waals surface area (Å²) < 4.78 is 0. The molecule has 1 rings (SSSR count). The van der Waals surface area contributed by atoms with Gasteiger partial charge in [0.25, 0.3) is 0 Å². The summed E-state index contributed by atoms with van der Waals surface area (Å²) in [7, 11) is 0. The van der Waals surface area contributed by atoms with Gasteiger partial charge in [0, 0.05) is 0 Å². The highest BCUT2D eigenvalue weighted by Gasteiger charge is 2.21. The Morgan fingerprint density at radius 3 is 2.07 bits per heavy atom. The van der Waals surface area contributed by atoms with E-state index in [2.05, 4.69) is 99.1 Å². The molecule has 0 heterocycles. The van der Waals surface area contributed by atoms with Crippen molar-refractivity contribution in [2.24, 2.45) is 11.3 Å². The lowest BCUT2D eigenvalue weighted by molar-refractivity contribution is 0.260. The van der Waals surface area contributed by atoms with Crippen LogP contribution >= 0.6 is 0 Å². The van der Waals surface area contributed by atoms with Gasteiger partial charge in [-0.05, 0) is 84.4 Å². The van der Waals surface area contributed by atoms with E-state index in [1.54, 1.807) is 0 Å².